The second kappa shape index (κ2) is 23.3. The minimum absolute atomic E-state index is 0.152. The third-order valence-electron chi connectivity index (χ3n) is 15.8. The summed E-state index contributed by atoms with van der Waals surface area (Å²) in [5.41, 5.74) is -3.39. The molecule has 3 unspecified atom stereocenters. The molecule has 2 aromatic heterocycles. The van der Waals surface area contributed by atoms with Crippen LogP contribution >= 0.6 is 0 Å². The van der Waals surface area contributed by atoms with Gasteiger partial charge < -0.3 is 140 Å². The van der Waals surface area contributed by atoms with E-state index in [1.54, 1.807) is 0 Å². The Morgan fingerprint density at radius 2 is 0.744 bits per heavy atom. The molecule has 6 aromatic rings. The molecule has 22 N–H and O–H groups in total. The van der Waals surface area contributed by atoms with E-state index in [2.05, 4.69) is 0 Å². The average molecular weight is 1170 g/mol. The molecule has 2 saturated carbocycles. The number of hydrogen-bond acceptors (Lipinski definition) is 30. The van der Waals surface area contributed by atoms with Gasteiger partial charge in [0.05, 0.1) is 48.4 Å². The molecule has 10 rings (SSSR count). The van der Waals surface area contributed by atoms with E-state index in [-0.39, 0.29) is 62.8 Å². The van der Waals surface area contributed by atoms with Crippen LogP contribution in [0, 0.1) is 11.8 Å². The van der Waals surface area contributed by atoms with Crippen molar-refractivity contribution in [3.8, 4) is 46.0 Å². The van der Waals surface area contributed by atoms with Gasteiger partial charge in [0.15, 0.2) is 23.0 Å². The quantitative estimate of drug-likeness (QED) is 0.0570. The Morgan fingerprint density at radius 3 is 1.15 bits per heavy atom. The molecule has 2 aliphatic carbocycles. The van der Waals surface area contributed by atoms with Crippen molar-refractivity contribution in [3.05, 3.63) is 68.0 Å². The zero-order chi connectivity index (χ0) is 59.8. The summed E-state index contributed by atoms with van der Waals surface area (Å²) in [6.45, 7) is -2.58. The normalized spacial score (nSPS) is 34.2. The van der Waals surface area contributed by atoms with Gasteiger partial charge in [-0.15, -0.1) is 0 Å². The fraction of sp³-hybridized carbons (Fsp3) is 0.500. The molecule has 2 aliphatic heterocycles. The van der Waals surface area contributed by atoms with Crippen LogP contribution in [0.3, 0.4) is 0 Å². The first kappa shape index (κ1) is 60.1. The molecule has 0 spiro atoms. The zero-order valence-electron chi connectivity index (χ0n) is 42.4. The van der Waals surface area contributed by atoms with Crippen molar-refractivity contribution >= 4 is 43.9 Å². The predicted molar refractivity (Wildman–Crippen MR) is 271 cm³/mol. The summed E-state index contributed by atoms with van der Waals surface area (Å²) in [6, 6.07) is 5.95. The molecule has 82 heavy (non-hydrogen) atoms. The van der Waals surface area contributed by atoms with Crippen LogP contribution in [0.15, 0.2) is 54.8 Å². The van der Waals surface area contributed by atoms with Crippen molar-refractivity contribution in [2.75, 3.05) is 26.4 Å². The number of hydrogen-bond donors (Lipinski definition) is 22. The summed E-state index contributed by atoms with van der Waals surface area (Å²) in [4.78, 5) is 27.0. The van der Waals surface area contributed by atoms with E-state index in [4.69, 9.17) is 27.8 Å². The van der Waals surface area contributed by atoms with E-state index >= 15 is 0 Å². The molecule has 4 fully saturated rings. The van der Waals surface area contributed by atoms with Gasteiger partial charge in [-0.05, 0) is 25.0 Å². The standard InChI is InChI=1S/2C26H30O15/c27-5-7-1-9(20(33)23(36)18(7)31)16-11(30)4-14-17(22(16)35)19(32)8-2-13(10(29)3-12(8)39-14)40-26-25(38)24(37)21(34)15(6-28)41-26;27-5-7-1-9(20(33)23(36)18(7)31)16-11(30)3-14-17(22(16)35)19(32)8-2-10(29)13(4-12(8)39-14)40-26-25(38)24(37)21(34)15(6-28)41-26/h2*2-4,7,9,15,18,20-21,23-31,33-38H,1,5-6H2/t7-,9?,15-,18-,20+,21-,23+,24+,25-,26-;7-,9?,15-,18-,20+,21-,23+,24+,25-,26?/m11/s1. The number of phenols is 6. The van der Waals surface area contributed by atoms with Gasteiger partial charge in [0.2, 0.25) is 23.4 Å². The number of ether oxygens (including phenoxy) is 4. The number of aliphatic hydroxyl groups excluding tert-OH is 16. The fourth-order valence-corrected chi connectivity index (χ4v) is 11.1. The van der Waals surface area contributed by atoms with Gasteiger partial charge in [-0.1, -0.05) is 0 Å². The number of benzene rings is 4. The molecule has 0 amide bonds. The summed E-state index contributed by atoms with van der Waals surface area (Å²) in [5.74, 6) is -9.05. The number of aliphatic hydroxyl groups is 16. The van der Waals surface area contributed by atoms with Crippen molar-refractivity contribution < 1.29 is 140 Å². The minimum atomic E-state index is -1.82. The zero-order valence-corrected chi connectivity index (χ0v) is 42.4. The third kappa shape index (κ3) is 10.3. The van der Waals surface area contributed by atoms with Crippen molar-refractivity contribution in [3.63, 3.8) is 0 Å². The van der Waals surface area contributed by atoms with Crippen LogP contribution in [0.4, 0.5) is 0 Å². The van der Waals surface area contributed by atoms with E-state index in [1.165, 1.54) is 0 Å². The van der Waals surface area contributed by atoms with Crippen LogP contribution in [0.5, 0.6) is 46.0 Å². The lowest BCUT2D eigenvalue weighted by atomic mass is 9.72. The predicted octanol–water partition coefficient (Wildman–Crippen LogP) is -5.16. The summed E-state index contributed by atoms with van der Waals surface area (Å²) in [7, 11) is 0. The molecule has 4 heterocycles. The molecule has 448 valence electrons. The second-order valence-corrected chi connectivity index (χ2v) is 20.7. The molecular formula is C52H60O30. The van der Waals surface area contributed by atoms with Gasteiger partial charge in [-0.2, -0.15) is 0 Å². The molecule has 30 heteroatoms. The second-order valence-electron chi connectivity index (χ2n) is 20.7. The van der Waals surface area contributed by atoms with Crippen LogP contribution in [0.1, 0.15) is 35.8 Å². The fourth-order valence-electron chi connectivity index (χ4n) is 11.1. The molecular weight excluding hydrogens is 1100 g/mol. The molecule has 0 bridgehead atoms. The van der Waals surface area contributed by atoms with Gasteiger partial charge in [0.25, 0.3) is 0 Å². The highest BCUT2D eigenvalue weighted by molar-refractivity contribution is 5.97. The van der Waals surface area contributed by atoms with Crippen molar-refractivity contribution in [1.82, 2.24) is 0 Å². The van der Waals surface area contributed by atoms with Crippen LogP contribution in [0.25, 0.3) is 43.9 Å². The van der Waals surface area contributed by atoms with Crippen LogP contribution in [-0.4, -0.2) is 237 Å². The van der Waals surface area contributed by atoms with Crippen molar-refractivity contribution in [2.24, 2.45) is 11.8 Å². The summed E-state index contributed by atoms with van der Waals surface area (Å²) in [5, 5.41) is 224. The van der Waals surface area contributed by atoms with E-state index in [9.17, 15) is 122 Å². The molecule has 4 aliphatic rings. The maximum Gasteiger partial charge on any atom is 0.229 e. The smallest absolute Gasteiger partial charge is 0.229 e. The molecule has 4 aromatic carbocycles. The highest BCUT2D eigenvalue weighted by atomic mass is 16.7. The Balaban J connectivity index is 0.000000198. The summed E-state index contributed by atoms with van der Waals surface area (Å²) < 4.78 is 32.8. The maximum absolute atomic E-state index is 13.6. The highest BCUT2D eigenvalue weighted by Gasteiger charge is 2.49. The lowest BCUT2D eigenvalue weighted by molar-refractivity contribution is -0.277. The third-order valence-corrected chi connectivity index (χ3v) is 15.8. The Labute approximate surface area is 458 Å². The topological polar surface area (TPSA) is 542 Å². The van der Waals surface area contributed by atoms with Crippen LogP contribution < -0.4 is 20.3 Å². The maximum atomic E-state index is 13.6. The van der Waals surface area contributed by atoms with Gasteiger partial charge in [-0.3, -0.25) is 9.59 Å². The van der Waals surface area contributed by atoms with Gasteiger partial charge in [0, 0.05) is 72.3 Å². The first-order valence-corrected chi connectivity index (χ1v) is 25.4. The molecule has 0 radical (unpaired) electrons. The number of rotatable bonds is 10. The first-order chi connectivity index (χ1) is 38.8. The lowest BCUT2D eigenvalue weighted by Crippen LogP contribution is -2.60. The summed E-state index contributed by atoms with van der Waals surface area (Å²) >= 11 is 0. The molecule has 30 nitrogen and oxygen atoms in total. The number of phenolic OH excluding ortho intramolecular Hbond substituents is 6. The molecule has 2 saturated heterocycles. The van der Waals surface area contributed by atoms with Crippen LogP contribution in [-0.2, 0) is 9.47 Å². The SMILES string of the molecule is O=c1c2cc(O)c(OC3O[C@H](CO)[C@@H](O)[C@H](O)[C@H]3O)cc2oc2cc(O)c(C3C[C@H](CO)[C@@H](O)[C@H](O)[C@H]3O)c(O)c12.O=c1c2cc(O[C@@H]3O[C@H](CO)[C@@H](O)[C@H](O)[C@H]3O)c(O)cc2oc2cc(O)c(C3C[C@H](CO)[C@@H](O)[C@H](O)[C@H]3O)c(O)c12. The molecule has 20 atom stereocenters. The van der Waals surface area contributed by atoms with Crippen molar-refractivity contribution in [1.29, 1.82) is 0 Å². The van der Waals surface area contributed by atoms with E-state index in [0.717, 1.165) is 36.4 Å². The van der Waals surface area contributed by atoms with Gasteiger partial charge >= 0.3 is 0 Å². The first-order valence-electron chi connectivity index (χ1n) is 25.4. The van der Waals surface area contributed by atoms with Gasteiger partial charge in [-0.25, -0.2) is 0 Å². The Morgan fingerprint density at radius 1 is 0.390 bits per heavy atom. The Hall–Kier alpha value is -6.50. The Bertz CT molecular complexity index is 3450. The average Bonchev–Trinajstić information content (AvgIpc) is 3.33. The Kier molecular flexibility index (Phi) is 17.1. The van der Waals surface area contributed by atoms with Gasteiger partial charge in [0.1, 0.15) is 117 Å². The van der Waals surface area contributed by atoms with E-state index < -0.39 is 210 Å². The summed E-state index contributed by atoms with van der Waals surface area (Å²) in [6.07, 6.45) is -26.4. The van der Waals surface area contributed by atoms with E-state index in [1.807, 2.05) is 0 Å². The van der Waals surface area contributed by atoms with E-state index in [0.29, 0.717) is 0 Å². The number of aromatic hydroxyl groups is 6. The van der Waals surface area contributed by atoms with Crippen molar-refractivity contribution in [2.45, 2.75) is 123 Å². The lowest BCUT2D eigenvalue weighted by Gasteiger charge is -2.40. The largest absolute Gasteiger partial charge is 0.507 e. The monoisotopic (exact) mass is 1160 g/mol. The van der Waals surface area contributed by atoms with Crippen LogP contribution in [0.2, 0.25) is 0 Å². The minimum Gasteiger partial charge on any atom is -0.507 e. The highest BCUT2D eigenvalue weighted by Crippen LogP contribution is 2.49. The number of fused-ring (bicyclic) bond motifs is 4.